The third kappa shape index (κ3) is 7.00. The maximum atomic E-state index is 13.0. The SMILES string of the molecule is CCNC(=NCc1nc(-c2cccc(Cl)c2)no1)NC1CCCC(C(F)(F)F)C1.I. The number of rotatable bonds is 5. The van der Waals surface area contributed by atoms with E-state index in [2.05, 4.69) is 25.8 Å². The molecular weight excluding hydrogens is 534 g/mol. The molecule has 2 aromatic rings. The predicted molar refractivity (Wildman–Crippen MR) is 120 cm³/mol. The number of hydrogen-bond donors (Lipinski definition) is 2. The predicted octanol–water partition coefficient (Wildman–Crippen LogP) is 5.18. The number of halogens is 5. The van der Waals surface area contributed by atoms with Crippen molar-refractivity contribution in [1.29, 1.82) is 0 Å². The summed E-state index contributed by atoms with van der Waals surface area (Å²) >= 11 is 5.98. The molecule has 0 aliphatic heterocycles. The lowest BCUT2D eigenvalue weighted by Crippen LogP contribution is -2.46. The van der Waals surface area contributed by atoms with Crippen LogP contribution in [0.25, 0.3) is 11.4 Å². The van der Waals surface area contributed by atoms with Gasteiger partial charge in [0.15, 0.2) is 5.96 Å². The van der Waals surface area contributed by atoms with Crippen LogP contribution >= 0.6 is 35.6 Å². The Labute approximate surface area is 195 Å². The summed E-state index contributed by atoms with van der Waals surface area (Å²) in [6.07, 6.45) is -2.71. The summed E-state index contributed by atoms with van der Waals surface area (Å²) in [7, 11) is 0. The molecular formula is C19H24ClF3IN5O. The highest BCUT2D eigenvalue weighted by Crippen LogP contribution is 2.37. The minimum absolute atomic E-state index is 0. The van der Waals surface area contributed by atoms with Crippen LogP contribution in [0.3, 0.4) is 0 Å². The lowest BCUT2D eigenvalue weighted by Gasteiger charge is -2.31. The van der Waals surface area contributed by atoms with E-state index < -0.39 is 12.1 Å². The van der Waals surface area contributed by atoms with Gasteiger partial charge in [-0.2, -0.15) is 18.2 Å². The van der Waals surface area contributed by atoms with Crippen LogP contribution in [0.4, 0.5) is 13.2 Å². The van der Waals surface area contributed by atoms with Crippen molar-refractivity contribution in [2.45, 2.75) is 51.4 Å². The molecule has 1 aliphatic carbocycles. The van der Waals surface area contributed by atoms with Crippen molar-refractivity contribution in [3.63, 3.8) is 0 Å². The fourth-order valence-corrected chi connectivity index (χ4v) is 3.53. The third-order valence-corrected chi connectivity index (χ3v) is 4.98. The van der Waals surface area contributed by atoms with Gasteiger partial charge in [-0.25, -0.2) is 4.99 Å². The van der Waals surface area contributed by atoms with E-state index in [-0.39, 0.29) is 49.4 Å². The second-order valence-corrected chi connectivity index (χ2v) is 7.40. The number of benzene rings is 1. The molecule has 3 rings (SSSR count). The van der Waals surface area contributed by atoms with Crippen molar-refractivity contribution in [3.05, 3.63) is 35.2 Å². The zero-order valence-corrected chi connectivity index (χ0v) is 19.5. The number of aliphatic imine (C=N–C) groups is 1. The standard InChI is InChI=1S/C19H23ClF3N5O.HI/c1-2-24-18(26-15-8-4-6-13(10-15)19(21,22)23)25-11-16-27-17(28-29-16)12-5-3-7-14(20)9-12;/h3,5,7,9,13,15H,2,4,6,8,10-11H2,1H3,(H2,24,25,26);1H. The number of aromatic nitrogens is 2. The van der Waals surface area contributed by atoms with Gasteiger partial charge in [0, 0.05) is 23.2 Å². The van der Waals surface area contributed by atoms with Gasteiger partial charge in [-0.3, -0.25) is 0 Å². The first-order valence-electron chi connectivity index (χ1n) is 9.55. The summed E-state index contributed by atoms with van der Waals surface area (Å²) in [6.45, 7) is 2.58. The normalized spacial score (nSPS) is 19.8. The minimum Gasteiger partial charge on any atom is -0.357 e. The fourth-order valence-electron chi connectivity index (χ4n) is 3.34. The minimum atomic E-state index is -4.16. The van der Waals surface area contributed by atoms with Gasteiger partial charge in [-0.05, 0) is 38.3 Å². The first-order chi connectivity index (χ1) is 13.8. The molecule has 1 heterocycles. The van der Waals surface area contributed by atoms with Crippen molar-refractivity contribution in [1.82, 2.24) is 20.8 Å². The highest BCUT2D eigenvalue weighted by atomic mass is 127. The Balaban J connectivity index is 0.00000320. The van der Waals surface area contributed by atoms with Crippen LogP contribution in [-0.2, 0) is 6.54 Å². The Morgan fingerprint density at radius 1 is 1.33 bits per heavy atom. The molecule has 2 N–H and O–H groups in total. The molecule has 1 aromatic heterocycles. The second kappa shape index (κ2) is 11.2. The van der Waals surface area contributed by atoms with Gasteiger partial charge in [0.25, 0.3) is 0 Å². The highest BCUT2D eigenvalue weighted by Gasteiger charge is 2.42. The quantitative estimate of drug-likeness (QED) is 0.301. The van der Waals surface area contributed by atoms with Gasteiger partial charge < -0.3 is 15.2 Å². The monoisotopic (exact) mass is 557 g/mol. The Bertz CT molecular complexity index is 846. The molecule has 11 heteroatoms. The molecule has 166 valence electrons. The summed E-state index contributed by atoms with van der Waals surface area (Å²) in [5, 5.41) is 10.6. The van der Waals surface area contributed by atoms with Crippen molar-refractivity contribution < 1.29 is 17.7 Å². The molecule has 1 saturated carbocycles. The molecule has 0 spiro atoms. The van der Waals surface area contributed by atoms with Gasteiger partial charge in [-0.1, -0.05) is 35.3 Å². The average Bonchev–Trinajstić information content (AvgIpc) is 3.15. The Kier molecular flexibility index (Phi) is 9.20. The zero-order chi connectivity index (χ0) is 20.9. The highest BCUT2D eigenvalue weighted by molar-refractivity contribution is 14.0. The van der Waals surface area contributed by atoms with Crippen molar-refractivity contribution >= 4 is 41.5 Å². The van der Waals surface area contributed by atoms with E-state index in [9.17, 15) is 13.2 Å². The van der Waals surface area contributed by atoms with Crippen LogP contribution < -0.4 is 10.6 Å². The number of nitrogens with one attached hydrogen (secondary N) is 2. The molecule has 2 unspecified atom stereocenters. The molecule has 0 bridgehead atoms. The van der Waals surface area contributed by atoms with E-state index in [1.54, 1.807) is 18.2 Å². The zero-order valence-electron chi connectivity index (χ0n) is 16.4. The van der Waals surface area contributed by atoms with Crippen LogP contribution in [0.1, 0.15) is 38.5 Å². The number of hydrogen-bond acceptors (Lipinski definition) is 4. The summed E-state index contributed by atoms with van der Waals surface area (Å²) < 4.78 is 44.3. The lowest BCUT2D eigenvalue weighted by molar-refractivity contribution is -0.183. The summed E-state index contributed by atoms with van der Waals surface area (Å²) in [4.78, 5) is 8.68. The van der Waals surface area contributed by atoms with Gasteiger partial charge >= 0.3 is 6.18 Å². The Morgan fingerprint density at radius 2 is 2.13 bits per heavy atom. The smallest absolute Gasteiger partial charge is 0.357 e. The van der Waals surface area contributed by atoms with E-state index >= 15 is 0 Å². The van der Waals surface area contributed by atoms with Gasteiger partial charge in [0.1, 0.15) is 6.54 Å². The van der Waals surface area contributed by atoms with Crippen molar-refractivity contribution in [3.8, 4) is 11.4 Å². The molecule has 6 nitrogen and oxygen atoms in total. The maximum Gasteiger partial charge on any atom is 0.391 e. The number of guanidine groups is 1. The van der Waals surface area contributed by atoms with E-state index in [0.717, 1.165) is 5.56 Å². The van der Waals surface area contributed by atoms with E-state index in [1.807, 2.05) is 13.0 Å². The van der Waals surface area contributed by atoms with Crippen LogP contribution in [0.2, 0.25) is 5.02 Å². The van der Waals surface area contributed by atoms with Crippen molar-refractivity contribution in [2.24, 2.45) is 10.9 Å². The average molecular weight is 558 g/mol. The van der Waals surface area contributed by atoms with Crippen LogP contribution in [0, 0.1) is 5.92 Å². The molecule has 2 atom stereocenters. The number of alkyl halides is 3. The number of nitrogens with zero attached hydrogens (tertiary/aromatic N) is 3. The Hall–Kier alpha value is -1.56. The second-order valence-electron chi connectivity index (χ2n) is 6.96. The van der Waals surface area contributed by atoms with Gasteiger partial charge in [0.2, 0.25) is 11.7 Å². The van der Waals surface area contributed by atoms with Crippen LogP contribution in [0.15, 0.2) is 33.8 Å². The third-order valence-electron chi connectivity index (χ3n) is 4.75. The summed E-state index contributed by atoms with van der Waals surface area (Å²) in [5.41, 5.74) is 0.724. The Morgan fingerprint density at radius 3 is 2.83 bits per heavy atom. The van der Waals surface area contributed by atoms with E-state index in [4.69, 9.17) is 16.1 Å². The van der Waals surface area contributed by atoms with Gasteiger partial charge in [-0.15, -0.1) is 24.0 Å². The molecule has 1 aliphatic rings. The molecule has 0 saturated heterocycles. The largest absolute Gasteiger partial charge is 0.391 e. The van der Waals surface area contributed by atoms with E-state index in [0.29, 0.717) is 42.1 Å². The fraction of sp³-hybridized carbons (Fsp3) is 0.526. The molecule has 0 amide bonds. The van der Waals surface area contributed by atoms with Gasteiger partial charge in [0.05, 0.1) is 5.92 Å². The molecule has 0 radical (unpaired) electrons. The first kappa shape index (κ1) is 24.7. The topological polar surface area (TPSA) is 75.3 Å². The summed E-state index contributed by atoms with van der Waals surface area (Å²) in [5.74, 6) is -0.138. The first-order valence-corrected chi connectivity index (χ1v) is 9.93. The van der Waals surface area contributed by atoms with Crippen LogP contribution in [-0.4, -0.2) is 34.9 Å². The molecule has 30 heavy (non-hydrogen) atoms. The maximum absolute atomic E-state index is 13.0. The lowest BCUT2D eigenvalue weighted by atomic mass is 9.85. The molecule has 1 fully saturated rings. The van der Waals surface area contributed by atoms with Crippen LogP contribution in [0.5, 0.6) is 0 Å². The molecule has 1 aromatic carbocycles. The van der Waals surface area contributed by atoms with Crippen molar-refractivity contribution in [2.75, 3.05) is 6.54 Å². The summed E-state index contributed by atoms with van der Waals surface area (Å²) in [6, 6.07) is 6.80. The van der Waals surface area contributed by atoms with E-state index in [1.165, 1.54) is 0 Å².